The van der Waals surface area contributed by atoms with Crippen molar-refractivity contribution in [3.05, 3.63) is 203 Å². The number of benzene rings is 7. The molecule has 0 fully saturated rings. The van der Waals surface area contributed by atoms with Crippen molar-refractivity contribution in [2.75, 3.05) is 0 Å². The van der Waals surface area contributed by atoms with E-state index in [1.54, 1.807) is 36.4 Å². The van der Waals surface area contributed by atoms with Crippen molar-refractivity contribution in [2.45, 2.75) is 13.3 Å². The van der Waals surface area contributed by atoms with E-state index in [4.69, 9.17) is 9.47 Å². The predicted molar refractivity (Wildman–Crippen MR) is 191 cm³/mol. The molecule has 0 saturated carbocycles. The Labute approximate surface area is 279 Å². The number of ketones is 2. The van der Waals surface area contributed by atoms with Crippen molar-refractivity contribution in [3.8, 4) is 23.0 Å². The second-order valence-electron chi connectivity index (χ2n) is 11.8. The average Bonchev–Trinajstić information content (AvgIpc) is 3.13. The minimum absolute atomic E-state index is 0.0227. The molecular weight excluding hydrogens is 592 g/mol. The van der Waals surface area contributed by atoms with Crippen molar-refractivity contribution >= 4 is 22.3 Å². The first-order valence-corrected chi connectivity index (χ1v) is 15.9. The van der Waals surface area contributed by atoms with Gasteiger partial charge in [-0.25, -0.2) is 0 Å². The highest BCUT2D eigenvalue weighted by atomic mass is 16.5. The summed E-state index contributed by atoms with van der Waals surface area (Å²) in [6.07, 6.45) is 0.830. The van der Waals surface area contributed by atoms with Crippen LogP contribution in [0.3, 0.4) is 0 Å². The lowest BCUT2D eigenvalue weighted by Gasteiger charge is -2.10. The molecule has 0 aliphatic rings. The van der Waals surface area contributed by atoms with E-state index in [1.165, 1.54) is 5.56 Å². The summed E-state index contributed by atoms with van der Waals surface area (Å²) >= 11 is 0. The zero-order chi connectivity index (χ0) is 32.9. The molecule has 0 radical (unpaired) electrons. The lowest BCUT2D eigenvalue weighted by molar-refractivity contribution is 0.103. The van der Waals surface area contributed by atoms with Gasteiger partial charge in [0.1, 0.15) is 23.0 Å². The lowest BCUT2D eigenvalue weighted by atomic mass is 9.99. The summed E-state index contributed by atoms with van der Waals surface area (Å²) in [5, 5.41) is 2.00. The van der Waals surface area contributed by atoms with E-state index in [0.29, 0.717) is 45.3 Å². The van der Waals surface area contributed by atoms with Gasteiger partial charge in [-0.2, -0.15) is 0 Å². The molecular formula is C44H32O4. The Hall–Kier alpha value is -6.26. The number of rotatable bonds is 10. The van der Waals surface area contributed by atoms with Crippen LogP contribution in [0.4, 0.5) is 0 Å². The molecule has 232 valence electrons. The Balaban J connectivity index is 0.991. The first-order chi connectivity index (χ1) is 23.5. The second kappa shape index (κ2) is 13.6. The molecule has 4 heteroatoms. The van der Waals surface area contributed by atoms with Gasteiger partial charge in [0.25, 0.3) is 0 Å². The van der Waals surface area contributed by atoms with Crippen LogP contribution in [0, 0.1) is 6.92 Å². The van der Waals surface area contributed by atoms with Gasteiger partial charge in [0.15, 0.2) is 11.6 Å². The monoisotopic (exact) mass is 624 g/mol. The fourth-order valence-corrected chi connectivity index (χ4v) is 5.59. The minimum atomic E-state index is -0.0291. The molecule has 0 N–H and O–H groups in total. The largest absolute Gasteiger partial charge is 0.457 e. The summed E-state index contributed by atoms with van der Waals surface area (Å²) in [5.74, 6) is 2.57. The van der Waals surface area contributed by atoms with Gasteiger partial charge >= 0.3 is 0 Å². The summed E-state index contributed by atoms with van der Waals surface area (Å²) < 4.78 is 12.3. The normalized spacial score (nSPS) is 10.9. The molecule has 0 unspecified atom stereocenters. The Bertz CT molecular complexity index is 2200. The van der Waals surface area contributed by atoms with Crippen LogP contribution < -0.4 is 9.47 Å². The SMILES string of the molecule is Cc1ccc(C(=O)c2ccc(Oc3ccc4ccc(Oc5ccc(C(=O)c6ccc(Cc7ccccc7)cc6)cc5)cc4c3)cc2)cc1. The van der Waals surface area contributed by atoms with Crippen LogP contribution in [-0.2, 0) is 6.42 Å². The molecule has 0 saturated heterocycles. The first-order valence-electron chi connectivity index (χ1n) is 15.9. The molecule has 48 heavy (non-hydrogen) atoms. The lowest BCUT2D eigenvalue weighted by Crippen LogP contribution is -2.01. The smallest absolute Gasteiger partial charge is 0.193 e. The number of carbonyl (C=O) groups excluding carboxylic acids is 2. The van der Waals surface area contributed by atoms with Gasteiger partial charge in [-0.1, -0.05) is 96.6 Å². The third-order valence-corrected chi connectivity index (χ3v) is 8.27. The van der Waals surface area contributed by atoms with Crippen molar-refractivity contribution in [1.29, 1.82) is 0 Å². The predicted octanol–water partition coefficient (Wildman–Crippen LogP) is 10.8. The standard InChI is InChI=1S/C44H32O4/c1-30-7-11-34(12-8-30)43(45)36-17-21-39(22-18-36)47-41-25-15-33-16-26-42(29-38(33)28-41)48-40-23-19-37(20-24-40)44(46)35-13-9-32(10-14-35)27-31-5-3-2-4-6-31/h2-26,28-29H,27H2,1H3. The Morgan fingerprint density at radius 1 is 0.417 bits per heavy atom. The first kappa shape index (κ1) is 30.4. The topological polar surface area (TPSA) is 52.6 Å². The van der Waals surface area contributed by atoms with E-state index in [9.17, 15) is 9.59 Å². The Morgan fingerprint density at radius 2 is 0.812 bits per heavy atom. The summed E-state index contributed by atoms with van der Waals surface area (Å²) in [7, 11) is 0. The number of aryl methyl sites for hydroxylation is 1. The highest BCUT2D eigenvalue weighted by Gasteiger charge is 2.11. The van der Waals surface area contributed by atoms with Crippen molar-refractivity contribution in [1.82, 2.24) is 0 Å². The highest BCUT2D eigenvalue weighted by molar-refractivity contribution is 6.09. The molecule has 7 aromatic rings. The zero-order valence-corrected chi connectivity index (χ0v) is 26.4. The van der Waals surface area contributed by atoms with Crippen LogP contribution in [0.15, 0.2) is 164 Å². The number of carbonyl (C=O) groups is 2. The maximum absolute atomic E-state index is 13.1. The molecule has 0 aromatic heterocycles. The van der Waals surface area contributed by atoms with E-state index < -0.39 is 0 Å². The molecule has 0 heterocycles. The van der Waals surface area contributed by atoms with Crippen LogP contribution in [-0.4, -0.2) is 11.6 Å². The molecule has 7 rings (SSSR count). The molecule has 0 amide bonds. The van der Waals surface area contributed by atoms with Crippen molar-refractivity contribution in [3.63, 3.8) is 0 Å². The molecule has 7 aromatic carbocycles. The number of hydrogen-bond acceptors (Lipinski definition) is 4. The third kappa shape index (κ3) is 7.09. The van der Waals surface area contributed by atoms with E-state index in [0.717, 1.165) is 28.3 Å². The van der Waals surface area contributed by atoms with Gasteiger partial charge in [0, 0.05) is 22.3 Å². The Kier molecular flexibility index (Phi) is 8.62. The molecule has 0 aliphatic heterocycles. The molecule has 0 atom stereocenters. The summed E-state index contributed by atoms with van der Waals surface area (Å²) in [5.41, 5.74) is 6.04. The summed E-state index contributed by atoms with van der Waals surface area (Å²) in [6.45, 7) is 2.00. The van der Waals surface area contributed by atoms with E-state index in [1.807, 2.05) is 122 Å². The summed E-state index contributed by atoms with van der Waals surface area (Å²) in [6, 6.07) is 51.8. The average molecular weight is 625 g/mol. The van der Waals surface area contributed by atoms with Crippen LogP contribution >= 0.6 is 0 Å². The maximum atomic E-state index is 13.1. The van der Waals surface area contributed by atoms with Crippen molar-refractivity contribution in [2.24, 2.45) is 0 Å². The van der Waals surface area contributed by atoms with Gasteiger partial charge < -0.3 is 9.47 Å². The minimum Gasteiger partial charge on any atom is -0.457 e. The van der Waals surface area contributed by atoms with Gasteiger partial charge in [-0.15, -0.1) is 0 Å². The highest BCUT2D eigenvalue weighted by Crippen LogP contribution is 2.31. The number of hydrogen-bond donors (Lipinski definition) is 0. The molecule has 0 aliphatic carbocycles. The van der Waals surface area contributed by atoms with Crippen LogP contribution in [0.25, 0.3) is 10.8 Å². The van der Waals surface area contributed by atoms with Crippen LogP contribution in [0.5, 0.6) is 23.0 Å². The van der Waals surface area contributed by atoms with Gasteiger partial charge in [-0.3, -0.25) is 9.59 Å². The Morgan fingerprint density at radius 3 is 1.29 bits per heavy atom. The fraction of sp³-hybridized carbons (Fsp3) is 0.0455. The third-order valence-electron chi connectivity index (χ3n) is 8.27. The molecule has 0 spiro atoms. The van der Waals surface area contributed by atoms with Crippen LogP contribution in [0.2, 0.25) is 0 Å². The van der Waals surface area contributed by atoms with Crippen molar-refractivity contribution < 1.29 is 19.1 Å². The fourth-order valence-electron chi connectivity index (χ4n) is 5.59. The molecule has 4 nitrogen and oxygen atoms in total. The number of fused-ring (bicyclic) bond motifs is 1. The summed E-state index contributed by atoms with van der Waals surface area (Å²) in [4.78, 5) is 26.0. The molecule has 0 bridgehead atoms. The van der Waals surface area contributed by atoms with Gasteiger partial charge in [0.2, 0.25) is 0 Å². The van der Waals surface area contributed by atoms with E-state index in [-0.39, 0.29) is 11.6 Å². The quantitative estimate of drug-likeness (QED) is 0.142. The van der Waals surface area contributed by atoms with Gasteiger partial charge in [-0.05, 0) is 108 Å². The second-order valence-corrected chi connectivity index (χ2v) is 11.8. The van der Waals surface area contributed by atoms with Crippen LogP contribution in [0.1, 0.15) is 48.5 Å². The van der Waals surface area contributed by atoms with E-state index >= 15 is 0 Å². The number of ether oxygens (including phenoxy) is 2. The van der Waals surface area contributed by atoms with E-state index in [2.05, 4.69) is 12.1 Å². The maximum Gasteiger partial charge on any atom is 0.193 e. The zero-order valence-electron chi connectivity index (χ0n) is 26.4. The van der Waals surface area contributed by atoms with Gasteiger partial charge in [0.05, 0.1) is 0 Å².